The Labute approximate surface area is 181 Å². The van der Waals surface area contributed by atoms with Crippen LogP contribution in [-0.4, -0.2) is 34.7 Å². The number of carbonyl (C=O) groups excluding carboxylic acids is 1. The molecule has 1 heterocycles. The van der Waals surface area contributed by atoms with Gasteiger partial charge in [0.15, 0.2) is 12.4 Å². The van der Waals surface area contributed by atoms with E-state index in [2.05, 4.69) is 15.5 Å². The zero-order valence-electron chi connectivity index (χ0n) is 17.5. The van der Waals surface area contributed by atoms with Crippen LogP contribution < -0.4 is 10.1 Å². The van der Waals surface area contributed by atoms with Gasteiger partial charge in [-0.25, -0.2) is 4.79 Å². The van der Waals surface area contributed by atoms with Gasteiger partial charge in [-0.05, 0) is 55.7 Å². The van der Waals surface area contributed by atoms with Gasteiger partial charge in [0.05, 0.1) is 5.02 Å². The highest BCUT2D eigenvalue weighted by Crippen LogP contribution is 2.26. The predicted molar refractivity (Wildman–Crippen MR) is 116 cm³/mol. The number of carbonyl (C=O) groups is 1. The SMILES string of the molecule is Cc1ccc(C)c(NC(=O)N(C)CCc2noc(COc3cc(C)ccc3Cl)n2)c1. The maximum Gasteiger partial charge on any atom is 0.321 e. The fraction of sp³-hybridized carbons (Fsp3) is 0.318. The van der Waals surface area contributed by atoms with Crippen LogP contribution >= 0.6 is 11.6 Å². The molecule has 7 nitrogen and oxygen atoms in total. The minimum Gasteiger partial charge on any atom is -0.482 e. The second-order valence-corrected chi connectivity index (χ2v) is 7.65. The number of nitrogens with zero attached hydrogens (tertiary/aromatic N) is 3. The first kappa shape index (κ1) is 21.6. The maximum atomic E-state index is 12.4. The highest BCUT2D eigenvalue weighted by Gasteiger charge is 2.13. The van der Waals surface area contributed by atoms with Gasteiger partial charge in [-0.1, -0.05) is 35.0 Å². The summed E-state index contributed by atoms with van der Waals surface area (Å²) < 4.78 is 10.9. The van der Waals surface area contributed by atoms with E-state index in [1.54, 1.807) is 18.0 Å². The van der Waals surface area contributed by atoms with Gasteiger partial charge in [0, 0.05) is 25.7 Å². The number of urea groups is 1. The number of amides is 2. The lowest BCUT2D eigenvalue weighted by molar-refractivity contribution is 0.222. The van der Waals surface area contributed by atoms with Crippen molar-refractivity contribution in [3.63, 3.8) is 0 Å². The molecule has 158 valence electrons. The number of halogens is 1. The van der Waals surface area contributed by atoms with Crippen molar-refractivity contribution in [1.82, 2.24) is 15.0 Å². The lowest BCUT2D eigenvalue weighted by atomic mass is 10.1. The molecular weight excluding hydrogens is 404 g/mol. The van der Waals surface area contributed by atoms with Crippen molar-refractivity contribution in [2.45, 2.75) is 33.8 Å². The number of aryl methyl sites for hydroxylation is 3. The Morgan fingerprint density at radius 3 is 2.70 bits per heavy atom. The molecule has 1 aromatic heterocycles. The second kappa shape index (κ2) is 9.63. The molecule has 0 saturated carbocycles. The van der Waals surface area contributed by atoms with Crippen molar-refractivity contribution < 1.29 is 14.1 Å². The number of ether oxygens (including phenoxy) is 1. The number of nitrogens with one attached hydrogen (secondary N) is 1. The third-order valence-electron chi connectivity index (χ3n) is 4.60. The number of rotatable bonds is 7. The van der Waals surface area contributed by atoms with Crippen LogP contribution in [0.25, 0.3) is 0 Å². The van der Waals surface area contributed by atoms with Gasteiger partial charge in [0.1, 0.15) is 5.75 Å². The third-order valence-corrected chi connectivity index (χ3v) is 4.91. The number of anilines is 1. The number of hydrogen-bond donors (Lipinski definition) is 1. The van der Waals surface area contributed by atoms with Crippen molar-refractivity contribution in [3.8, 4) is 5.75 Å². The zero-order chi connectivity index (χ0) is 21.7. The Balaban J connectivity index is 1.50. The molecule has 0 aliphatic heterocycles. The smallest absolute Gasteiger partial charge is 0.321 e. The quantitative estimate of drug-likeness (QED) is 0.576. The molecule has 1 N–H and O–H groups in total. The standard InChI is InChI=1S/C22H25ClN4O3/c1-14-5-7-16(3)18(11-14)24-22(28)27(4)10-9-20-25-21(30-26-20)13-29-19-12-15(2)6-8-17(19)23/h5-8,11-12H,9-10,13H2,1-4H3,(H,24,28). The van der Waals surface area contributed by atoms with Crippen LogP contribution in [0, 0.1) is 20.8 Å². The summed E-state index contributed by atoms with van der Waals surface area (Å²) >= 11 is 6.12. The first-order valence-corrected chi connectivity index (χ1v) is 9.99. The summed E-state index contributed by atoms with van der Waals surface area (Å²) in [6.07, 6.45) is 0.464. The summed E-state index contributed by atoms with van der Waals surface area (Å²) in [4.78, 5) is 18.3. The van der Waals surface area contributed by atoms with E-state index in [1.807, 2.05) is 51.1 Å². The lowest BCUT2D eigenvalue weighted by Crippen LogP contribution is -2.33. The van der Waals surface area contributed by atoms with Crippen molar-refractivity contribution in [3.05, 3.63) is 69.8 Å². The van der Waals surface area contributed by atoms with Crippen molar-refractivity contribution in [2.75, 3.05) is 18.9 Å². The van der Waals surface area contributed by atoms with Crippen LogP contribution in [0.2, 0.25) is 5.02 Å². The minimum atomic E-state index is -0.190. The van der Waals surface area contributed by atoms with E-state index < -0.39 is 0 Å². The van der Waals surface area contributed by atoms with E-state index in [0.29, 0.717) is 35.5 Å². The van der Waals surface area contributed by atoms with Crippen LogP contribution in [0.4, 0.5) is 10.5 Å². The molecule has 2 aromatic carbocycles. The molecule has 0 unspecified atom stereocenters. The van der Waals surface area contributed by atoms with Gasteiger partial charge in [0.25, 0.3) is 5.89 Å². The number of aromatic nitrogens is 2. The largest absolute Gasteiger partial charge is 0.482 e. The van der Waals surface area contributed by atoms with E-state index in [9.17, 15) is 4.79 Å². The van der Waals surface area contributed by atoms with Gasteiger partial charge < -0.3 is 19.5 Å². The molecule has 3 rings (SSSR count). The molecule has 8 heteroatoms. The molecule has 3 aromatic rings. The topological polar surface area (TPSA) is 80.5 Å². The zero-order valence-corrected chi connectivity index (χ0v) is 18.3. The molecule has 0 aliphatic carbocycles. The number of likely N-dealkylation sites (N-methyl/N-ethyl adjacent to an activating group) is 1. The molecule has 0 radical (unpaired) electrons. The van der Waals surface area contributed by atoms with E-state index in [-0.39, 0.29) is 12.6 Å². The van der Waals surface area contributed by atoms with Crippen LogP contribution in [0.3, 0.4) is 0 Å². The predicted octanol–water partition coefficient (Wildman–Crippen LogP) is 4.93. The van der Waals surface area contributed by atoms with E-state index in [0.717, 1.165) is 22.4 Å². The first-order valence-electron chi connectivity index (χ1n) is 9.61. The van der Waals surface area contributed by atoms with Crippen LogP contribution in [0.5, 0.6) is 5.75 Å². The summed E-state index contributed by atoms with van der Waals surface area (Å²) in [5, 5.41) is 7.41. The molecule has 0 atom stereocenters. The fourth-order valence-corrected chi connectivity index (χ4v) is 2.93. The molecule has 0 spiro atoms. The van der Waals surface area contributed by atoms with E-state index in [1.165, 1.54) is 0 Å². The third kappa shape index (κ3) is 5.73. The van der Waals surface area contributed by atoms with Crippen LogP contribution in [0.15, 0.2) is 40.9 Å². The Morgan fingerprint density at radius 2 is 1.90 bits per heavy atom. The van der Waals surface area contributed by atoms with E-state index in [4.69, 9.17) is 20.9 Å². The molecule has 0 fully saturated rings. The highest BCUT2D eigenvalue weighted by atomic mass is 35.5. The Morgan fingerprint density at radius 1 is 1.17 bits per heavy atom. The average molecular weight is 429 g/mol. The molecule has 0 aliphatic rings. The molecule has 0 saturated heterocycles. The van der Waals surface area contributed by atoms with Gasteiger partial charge >= 0.3 is 6.03 Å². The van der Waals surface area contributed by atoms with E-state index >= 15 is 0 Å². The number of hydrogen-bond acceptors (Lipinski definition) is 5. The van der Waals surface area contributed by atoms with Crippen molar-refractivity contribution in [1.29, 1.82) is 0 Å². The number of benzene rings is 2. The lowest BCUT2D eigenvalue weighted by Gasteiger charge is -2.18. The average Bonchev–Trinajstić information content (AvgIpc) is 3.17. The molecule has 30 heavy (non-hydrogen) atoms. The summed E-state index contributed by atoms with van der Waals surface area (Å²) in [5.41, 5.74) is 3.95. The monoisotopic (exact) mass is 428 g/mol. The van der Waals surface area contributed by atoms with Crippen molar-refractivity contribution in [2.24, 2.45) is 0 Å². The van der Waals surface area contributed by atoms with Crippen LogP contribution in [0.1, 0.15) is 28.4 Å². The summed E-state index contributed by atoms with van der Waals surface area (Å²) in [6, 6.07) is 11.3. The summed E-state index contributed by atoms with van der Waals surface area (Å²) in [7, 11) is 1.73. The minimum absolute atomic E-state index is 0.124. The summed E-state index contributed by atoms with van der Waals surface area (Å²) in [5.74, 6) is 1.43. The van der Waals surface area contributed by atoms with Gasteiger partial charge in [-0.15, -0.1) is 0 Å². The Bertz CT molecular complexity index is 1030. The normalized spacial score (nSPS) is 10.7. The van der Waals surface area contributed by atoms with Gasteiger partial charge in [0.2, 0.25) is 0 Å². The molecular formula is C22H25ClN4O3. The maximum absolute atomic E-state index is 12.4. The Hall–Kier alpha value is -3.06. The molecule has 2 amide bonds. The van der Waals surface area contributed by atoms with Gasteiger partial charge in [-0.2, -0.15) is 4.98 Å². The van der Waals surface area contributed by atoms with Crippen molar-refractivity contribution >= 4 is 23.3 Å². The summed E-state index contributed by atoms with van der Waals surface area (Å²) in [6.45, 7) is 6.48. The Kier molecular flexibility index (Phi) is 6.95. The van der Waals surface area contributed by atoms with Crippen LogP contribution in [-0.2, 0) is 13.0 Å². The second-order valence-electron chi connectivity index (χ2n) is 7.25. The molecule has 0 bridgehead atoms. The first-order chi connectivity index (χ1) is 14.3. The van der Waals surface area contributed by atoms with Gasteiger partial charge in [-0.3, -0.25) is 0 Å². The highest BCUT2D eigenvalue weighted by molar-refractivity contribution is 6.32. The fourth-order valence-electron chi connectivity index (χ4n) is 2.76.